The van der Waals surface area contributed by atoms with Gasteiger partial charge in [-0.3, -0.25) is 0 Å². The van der Waals surface area contributed by atoms with Gasteiger partial charge < -0.3 is 4.74 Å². The van der Waals surface area contributed by atoms with Crippen molar-refractivity contribution in [2.75, 3.05) is 13.7 Å². The molecule has 0 N–H and O–H groups in total. The second-order valence-corrected chi connectivity index (χ2v) is 8.49. The van der Waals surface area contributed by atoms with E-state index in [1.54, 1.807) is 12.1 Å². The highest BCUT2D eigenvalue weighted by molar-refractivity contribution is 7.89. The van der Waals surface area contributed by atoms with Crippen molar-refractivity contribution >= 4 is 20.8 Å². The molecule has 3 aromatic carbocycles. The van der Waals surface area contributed by atoms with E-state index in [1.807, 2.05) is 49.4 Å². The van der Waals surface area contributed by atoms with Crippen LogP contribution in [0.25, 0.3) is 10.8 Å². The second kappa shape index (κ2) is 8.42. The van der Waals surface area contributed by atoms with Crippen molar-refractivity contribution in [2.24, 2.45) is 0 Å². The average Bonchev–Trinajstić information content (AvgIpc) is 2.72. The van der Waals surface area contributed by atoms with Crippen LogP contribution in [-0.4, -0.2) is 26.4 Å². The van der Waals surface area contributed by atoms with Gasteiger partial charge in [0.15, 0.2) is 0 Å². The lowest BCUT2D eigenvalue weighted by Crippen LogP contribution is -2.27. The number of rotatable bonds is 7. The van der Waals surface area contributed by atoms with Gasteiger partial charge in [-0.25, -0.2) is 8.42 Å². The third-order valence-corrected chi connectivity index (χ3v) is 6.40. The highest BCUT2D eigenvalue weighted by Gasteiger charge is 2.25. The van der Waals surface area contributed by atoms with Crippen LogP contribution in [0.1, 0.15) is 24.5 Å². The van der Waals surface area contributed by atoms with E-state index < -0.39 is 10.0 Å². The van der Waals surface area contributed by atoms with Crippen LogP contribution in [0.5, 0.6) is 5.75 Å². The summed E-state index contributed by atoms with van der Waals surface area (Å²) in [6.07, 6.45) is 0.857. The molecule has 0 atom stereocenters. The van der Waals surface area contributed by atoms with Gasteiger partial charge >= 0.3 is 0 Å². The highest BCUT2D eigenvalue weighted by Crippen LogP contribution is 2.31. The summed E-state index contributed by atoms with van der Waals surface area (Å²) >= 11 is 0. The monoisotopic (exact) mass is 394 g/mol. The Kier molecular flexibility index (Phi) is 5.98. The summed E-state index contributed by atoms with van der Waals surface area (Å²) in [6.45, 7) is 2.72. The Morgan fingerprint density at radius 1 is 1.04 bits per heavy atom. The first-order valence-electron chi connectivity index (χ1n) is 9.08. The van der Waals surface area contributed by atoms with Crippen LogP contribution in [0.4, 0.5) is 0 Å². The molecule has 0 aliphatic carbocycles. The van der Waals surface area contributed by atoms with E-state index in [4.69, 9.17) is 4.74 Å². The predicted octanol–water partition coefficient (Wildman–Crippen LogP) is 4.32. The van der Waals surface area contributed by atoms with Gasteiger partial charge in [0.2, 0.25) is 10.0 Å². The first kappa shape index (κ1) is 19.9. The van der Waals surface area contributed by atoms with Gasteiger partial charge in [0, 0.05) is 19.2 Å². The Balaban J connectivity index is 2.05. The molecule has 0 aromatic heterocycles. The quantitative estimate of drug-likeness (QED) is 0.598. The zero-order valence-electron chi connectivity index (χ0n) is 15.9. The van der Waals surface area contributed by atoms with Gasteiger partial charge in [-0.05, 0) is 35.4 Å². The molecule has 0 heterocycles. The maximum absolute atomic E-state index is 13.1. The Labute approximate surface area is 165 Å². The van der Waals surface area contributed by atoms with Crippen molar-refractivity contribution in [3.63, 3.8) is 0 Å². The molecule has 0 fully saturated rings. The van der Waals surface area contributed by atoms with Crippen molar-refractivity contribution in [1.29, 1.82) is 5.26 Å². The molecular formula is C22H22N2O3S. The number of hydrogen-bond acceptors (Lipinski definition) is 4. The largest absolute Gasteiger partial charge is 0.493 e. The third-order valence-electron chi connectivity index (χ3n) is 4.54. The van der Waals surface area contributed by atoms with Crippen LogP contribution >= 0.6 is 0 Å². The summed E-state index contributed by atoms with van der Waals surface area (Å²) < 4.78 is 33.4. The van der Waals surface area contributed by atoms with Crippen LogP contribution < -0.4 is 4.74 Å². The summed E-state index contributed by atoms with van der Waals surface area (Å²) in [7, 11) is -2.31. The Morgan fingerprint density at radius 2 is 1.75 bits per heavy atom. The zero-order valence-corrected chi connectivity index (χ0v) is 16.7. The number of hydrogen-bond donors (Lipinski definition) is 0. The SMILES string of the molecule is CCCOc1ccc2ccccc2c1CN(C)S(=O)(=O)c1ccccc1C#N. The number of fused-ring (bicyclic) bond motifs is 1. The zero-order chi connectivity index (χ0) is 20.1. The molecule has 144 valence electrons. The topological polar surface area (TPSA) is 70.4 Å². The van der Waals surface area contributed by atoms with E-state index in [0.717, 1.165) is 22.8 Å². The van der Waals surface area contributed by atoms with Crippen LogP contribution in [-0.2, 0) is 16.6 Å². The fourth-order valence-electron chi connectivity index (χ4n) is 3.09. The van der Waals surface area contributed by atoms with Crippen molar-refractivity contribution in [3.8, 4) is 11.8 Å². The average molecular weight is 394 g/mol. The van der Waals surface area contributed by atoms with E-state index in [1.165, 1.54) is 23.5 Å². The van der Waals surface area contributed by atoms with Crippen molar-refractivity contribution in [2.45, 2.75) is 24.8 Å². The smallest absolute Gasteiger partial charge is 0.244 e. The normalized spacial score (nSPS) is 11.5. The third kappa shape index (κ3) is 3.86. The van der Waals surface area contributed by atoms with Crippen molar-refractivity contribution < 1.29 is 13.2 Å². The number of ether oxygens (including phenoxy) is 1. The maximum Gasteiger partial charge on any atom is 0.244 e. The number of benzene rings is 3. The van der Waals surface area contributed by atoms with Crippen LogP contribution in [0.15, 0.2) is 65.6 Å². The van der Waals surface area contributed by atoms with Gasteiger partial charge in [-0.1, -0.05) is 49.4 Å². The Hall–Kier alpha value is -2.88. The summed E-state index contributed by atoms with van der Waals surface area (Å²) in [5.74, 6) is 0.677. The van der Waals surface area contributed by atoms with E-state index in [-0.39, 0.29) is 17.0 Å². The highest BCUT2D eigenvalue weighted by atomic mass is 32.2. The molecule has 5 nitrogen and oxygen atoms in total. The van der Waals surface area contributed by atoms with Gasteiger partial charge in [0.05, 0.1) is 17.1 Å². The Bertz CT molecular complexity index is 1130. The van der Waals surface area contributed by atoms with Gasteiger partial charge in [0.25, 0.3) is 0 Å². The lowest BCUT2D eigenvalue weighted by molar-refractivity contribution is 0.311. The molecular weight excluding hydrogens is 372 g/mol. The molecule has 0 spiro atoms. The first-order chi connectivity index (χ1) is 13.5. The number of sulfonamides is 1. The van der Waals surface area contributed by atoms with Crippen molar-refractivity contribution in [1.82, 2.24) is 4.31 Å². The van der Waals surface area contributed by atoms with Crippen LogP contribution in [0.3, 0.4) is 0 Å². The number of nitriles is 1. The summed E-state index contributed by atoms with van der Waals surface area (Å²) in [5, 5.41) is 11.3. The molecule has 6 heteroatoms. The minimum absolute atomic E-state index is 0.0104. The fourth-order valence-corrected chi connectivity index (χ4v) is 4.36. The van der Waals surface area contributed by atoms with Crippen LogP contribution in [0.2, 0.25) is 0 Å². The predicted molar refractivity (Wildman–Crippen MR) is 110 cm³/mol. The van der Waals surface area contributed by atoms with Crippen molar-refractivity contribution in [3.05, 3.63) is 71.8 Å². The second-order valence-electron chi connectivity index (χ2n) is 6.48. The molecule has 3 aromatic rings. The van der Waals surface area contributed by atoms with E-state index >= 15 is 0 Å². The molecule has 0 bridgehead atoms. The molecule has 0 unspecified atom stereocenters. The van der Waals surface area contributed by atoms with Gasteiger partial charge in [-0.15, -0.1) is 0 Å². The minimum atomic E-state index is -3.83. The summed E-state index contributed by atoms with van der Waals surface area (Å²) in [6, 6.07) is 19.9. The lowest BCUT2D eigenvalue weighted by Gasteiger charge is -2.21. The van der Waals surface area contributed by atoms with E-state index in [9.17, 15) is 13.7 Å². The molecule has 0 saturated carbocycles. The fraction of sp³-hybridized carbons (Fsp3) is 0.227. The molecule has 0 radical (unpaired) electrons. The van der Waals surface area contributed by atoms with Crippen LogP contribution in [0, 0.1) is 11.3 Å². The maximum atomic E-state index is 13.1. The molecule has 3 rings (SSSR count). The molecule has 0 aliphatic rings. The molecule has 0 saturated heterocycles. The molecule has 0 amide bonds. The summed E-state index contributed by atoms with van der Waals surface area (Å²) in [5.41, 5.74) is 0.946. The molecule has 28 heavy (non-hydrogen) atoms. The Morgan fingerprint density at radius 3 is 2.50 bits per heavy atom. The lowest BCUT2D eigenvalue weighted by atomic mass is 10.0. The summed E-state index contributed by atoms with van der Waals surface area (Å²) in [4.78, 5) is 0.0104. The van der Waals surface area contributed by atoms with E-state index in [2.05, 4.69) is 0 Å². The van der Waals surface area contributed by atoms with Gasteiger partial charge in [0.1, 0.15) is 11.8 Å². The van der Waals surface area contributed by atoms with E-state index in [0.29, 0.717) is 12.4 Å². The first-order valence-corrected chi connectivity index (χ1v) is 10.5. The molecule has 0 aliphatic heterocycles. The standard InChI is InChI=1S/C22H22N2O3S/c1-3-14-27-21-13-12-17-8-4-6-10-19(17)20(21)16-24(2)28(25,26)22-11-7-5-9-18(22)15-23/h4-13H,3,14,16H2,1-2H3. The minimum Gasteiger partial charge on any atom is -0.493 e. The number of nitrogens with zero attached hydrogens (tertiary/aromatic N) is 2. The van der Waals surface area contributed by atoms with Gasteiger partial charge in [-0.2, -0.15) is 9.57 Å².